The van der Waals surface area contributed by atoms with Crippen molar-refractivity contribution in [3.63, 3.8) is 0 Å². The highest BCUT2D eigenvalue weighted by molar-refractivity contribution is 8.19. The summed E-state index contributed by atoms with van der Waals surface area (Å²) in [4.78, 5) is 43.3. The number of rotatable bonds is 3. The smallest absolute Gasteiger partial charge is 0.336 e. The molecule has 0 radical (unpaired) electrons. The minimum atomic E-state index is -0.466. The van der Waals surface area contributed by atoms with Crippen molar-refractivity contribution >= 4 is 62.2 Å². The van der Waals surface area contributed by atoms with Crippen molar-refractivity contribution in [1.82, 2.24) is 0 Å². The van der Waals surface area contributed by atoms with E-state index in [2.05, 4.69) is 0 Å². The molecular weight excluding hydrogens is 495 g/mol. The Labute approximate surface area is 212 Å². The van der Waals surface area contributed by atoms with E-state index in [-0.39, 0.29) is 11.7 Å². The van der Waals surface area contributed by atoms with Gasteiger partial charge in [-0.15, -0.1) is 0 Å². The second-order valence-corrected chi connectivity index (χ2v) is 9.16. The zero-order chi connectivity index (χ0) is 25.5. The third-order valence-corrected chi connectivity index (χ3v) is 6.63. The summed E-state index contributed by atoms with van der Waals surface area (Å²) in [5, 5.41) is 1.72. The van der Waals surface area contributed by atoms with E-state index in [1.165, 1.54) is 40.9 Å². The number of halogens is 1. The number of fused-ring (bicyclic) bond motifs is 2. The summed E-state index contributed by atoms with van der Waals surface area (Å²) >= 11 is 1.18. The van der Waals surface area contributed by atoms with Crippen LogP contribution >= 0.6 is 11.8 Å². The number of carbonyl (C=O) groups is 1. The Morgan fingerprint density at radius 2 is 1.41 bits per heavy atom. The molecule has 2 aromatic heterocycles. The summed E-state index contributed by atoms with van der Waals surface area (Å²) < 4.78 is 23.8. The largest absolute Gasteiger partial charge is 0.423 e. The van der Waals surface area contributed by atoms with Crippen LogP contribution < -0.4 is 16.2 Å². The van der Waals surface area contributed by atoms with Gasteiger partial charge in [0, 0.05) is 22.9 Å². The Morgan fingerprint density at radius 3 is 2.11 bits per heavy atom. The molecule has 0 unspecified atom stereocenters. The van der Waals surface area contributed by atoms with Crippen LogP contribution in [0.5, 0.6) is 0 Å². The van der Waals surface area contributed by atoms with Crippen LogP contribution in [0.1, 0.15) is 5.56 Å². The lowest BCUT2D eigenvalue weighted by Crippen LogP contribution is -2.28. The molecule has 1 fully saturated rings. The predicted octanol–water partition coefficient (Wildman–Crippen LogP) is 5.85. The Morgan fingerprint density at radius 1 is 0.757 bits per heavy atom. The van der Waals surface area contributed by atoms with Gasteiger partial charge in [-0.3, -0.25) is 9.69 Å². The van der Waals surface area contributed by atoms with Crippen LogP contribution in [-0.2, 0) is 4.79 Å². The van der Waals surface area contributed by atoms with E-state index in [1.54, 1.807) is 66.7 Å². The lowest BCUT2D eigenvalue weighted by Gasteiger charge is -2.16. The molecule has 5 aromatic rings. The lowest BCUT2D eigenvalue weighted by molar-refractivity contribution is -0.113. The fourth-order valence-electron chi connectivity index (χ4n) is 3.92. The first-order valence-electron chi connectivity index (χ1n) is 11.1. The zero-order valence-electron chi connectivity index (χ0n) is 18.9. The first-order chi connectivity index (χ1) is 17.9. The van der Waals surface area contributed by atoms with Gasteiger partial charge in [0.2, 0.25) is 0 Å². The molecule has 6 rings (SSSR count). The number of hydrogen-bond donors (Lipinski definition) is 0. The van der Waals surface area contributed by atoms with Crippen LogP contribution in [0.3, 0.4) is 0 Å². The summed E-state index contributed by atoms with van der Waals surface area (Å²) in [5.74, 6) is -0.678. The quantitative estimate of drug-likeness (QED) is 0.223. The molecule has 1 saturated heterocycles. The average Bonchev–Trinajstić information content (AvgIpc) is 3.19. The Kier molecular flexibility index (Phi) is 5.54. The molecule has 1 aliphatic rings. The normalized spacial score (nSPS) is 15.9. The van der Waals surface area contributed by atoms with E-state index in [4.69, 9.17) is 13.8 Å². The van der Waals surface area contributed by atoms with E-state index in [1.807, 2.05) is 0 Å². The van der Waals surface area contributed by atoms with Crippen molar-refractivity contribution in [2.45, 2.75) is 0 Å². The van der Waals surface area contributed by atoms with Gasteiger partial charge in [-0.1, -0.05) is 12.1 Å². The topological polar surface area (TPSA) is 93.1 Å². The van der Waals surface area contributed by atoms with Gasteiger partial charge in [-0.25, -0.2) is 19.0 Å². The van der Waals surface area contributed by atoms with Gasteiger partial charge < -0.3 is 8.83 Å². The Balaban J connectivity index is 1.47. The fraction of sp³-hybridized carbons (Fsp3) is 0. The minimum Gasteiger partial charge on any atom is -0.423 e. The summed E-state index contributed by atoms with van der Waals surface area (Å²) in [6.45, 7) is 0. The van der Waals surface area contributed by atoms with Gasteiger partial charge in [0.15, 0.2) is 5.17 Å². The third-order valence-electron chi connectivity index (χ3n) is 5.66. The van der Waals surface area contributed by atoms with Crippen molar-refractivity contribution in [1.29, 1.82) is 0 Å². The van der Waals surface area contributed by atoms with Crippen LogP contribution in [0, 0.1) is 5.82 Å². The second kappa shape index (κ2) is 9.03. The zero-order valence-corrected chi connectivity index (χ0v) is 19.7. The molecule has 0 bridgehead atoms. The maximum absolute atomic E-state index is 13.6. The average molecular weight is 511 g/mol. The van der Waals surface area contributed by atoms with Gasteiger partial charge in [0.25, 0.3) is 5.91 Å². The van der Waals surface area contributed by atoms with Gasteiger partial charge in [0.05, 0.1) is 16.3 Å². The molecule has 37 heavy (non-hydrogen) atoms. The number of carbonyl (C=O) groups excluding carboxylic acids is 1. The first kappa shape index (κ1) is 22.7. The van der Waals surface area contributed by atoms with E-state index in [0.29, 0.717) is 48.9 Å². The molecule has 9 heteroatoms. The molecule has 1 aliphatic heterocycles. The van der Waals surface area contributed by atoms with Gasteiger partial charge >= 0.3 is 11.3 Å². The number of thioether (sulfide) groups is 1. The van der Waals surface area contributed by atoms with Gasteiger partial charge in [-0.2, -0.15) is 0 Å². The number of amidine groups is 1. The summed E-state index contributed by atoms with van der Waals surface area (Å²) in [7, 11) is 0. The Bertz CT molecular complexity index is 1890. The van der Waals surface area contributed by atoms with E-state index in [9.17, 15) is 18.8 Å². The lowest BCUT2D eigenvalue weighted by atomic mass is 10.2. The Hall–Kier alpha value is -4.76. The molecule has 1 amide bonds. The number of amides is 1. The minimum absolute atomic E-state index is 0.309. The number of anilines is 1. The predicted molar refractivity (Wildman–Crippen MR) is 142 cm³/mol. The summed E-state index contributed by atoms with van der Waals surface area (Å²) in [5.41, 5.74) is 1.66. The number of benzene rings is 3. The maximum Gasteiger partial charge on any atom is 0.336 e. The van der Waals surface area contributed by atoms with Crippen molar-refractivity contribution in [3.8, 4) is 0 Å². The number of aliphatic imine (C=N–C) groups is 1. The monoisotopic (exact) mass is 510 g/mol. The van der Waals surface area contributed by atoms with Crippen LogP contribution in [0.15, 0.2) is 113 Å². The molecule has 0 aliphatic carbocycles. The molecule has 7 nitrogen and oxygen atoms in total. The highest BCUT2D eigenvalue weighted by Gasteiger charge is 2.35. The SMILES string of the molecule is O=C1/C(=C/c2ccc(F)cc2)SC(=Nc2ccc3oc(=O)ccc3c2)N1c1ccc2oc(=O)ccc2c1. The van der Waals surface area contributed by atoms with Crippen molar-refractivity contribution < 1.29 is 18.0 Å². The molecule has 0 spiro atoms. The first-order valence-corrected chi connectivity index (χ1v) is 11.9. The molecule has 180 valence electrons. The number of nitrogens with zero attached hydrogens (tertiary/aromatic N) is 2. The van der Waals surface area contributed by atoms with E-state index in [0.717, 1.165) is 0 Å². The molecule has 0 N–H and O–H groups in total. The van der Waals surface area contributed by atoms with Crippen molar-refractivity contribution in [3.05, 3.63) is 122 Å². The fourth-order valence-corrected chi connectivity index (χ4v) is 4.93. The van der Waals surface area contributed by atoms with Crippen LogP contribution in [0.2, 0.25) is 0 Å². The van der Waals surface area contributed by atoms with Crippen LogP contribution in [0.4, 0.5) is 15.8 Å². The molecule has 0 saturated carbocycles. The van der Waals surface area contributed by atoms with Crippen molar-refractivity contribution in [2.75, 3.05) is 4.90 Å². The highest BCUT2D eigenvalue weighted by atomic mass is 32.2. The van der Waals surface area contributed by atoms with Crippen LogP contribution in [0.25, 0.3) is 28.0 Å². The molecule has 3 heterocycles. The second-order valence-electron chi connectivity index (χ2n) is 8.15. The van der Waals surface area contributed by atoms with Crippen molar-refractivity contribution in [2.24, 2.45) is 4.99 Å². The van der Waals surface area contributed by atoms with Crippen LogP contribution in [-0.4, -0.2) is 11.1 Å². The highest BCUT2D eigenvalue weighted by Crippen LogP contribution is 2.38. The molecular formula is C28H15FN2O5S. The van der Waals surface area contributed by atoms with Gasteiger partial charge in [0.1, 0.15) is 17.0 Å². The van der Waals surface area contributed by atoms with Gasteiger partial charge in [-0.05, 0) is 84.1 Å². The summed E-state index contributed by atoms with van der Waals surface area (Å²) in [6, 6.07) is 21.9. The van der Waals surface area contributed by atoms with E-state index < -0.39 is 11.3 Å². The number of hydrogen-bond acceptors (Lipinski definition) is 7. The maximum atomic E-state index is 13.6. The standard InChI is InChI=1S/C28H15FN2O5S/c29-19-5-1-16(2-6-19)13-24-27(34)31(21-8-10-23-18(15-21)4-12-26(33)36-23)28(37-24)30-20-7-9-22-17(14-20)3-11-25(32)35-22/h1-15H/b24-13-,30-28?. The summed E-state index contributed by atoms with van der Waals surface area (Å²) in [6.07, 6.45) is 1.68. The molecule has 0 atom stereocenters. The van der Waals surface area contributed by atoms with E-state index >= 15 is 0 Å². The molecule has 3 aromatic carbocycles. The third kappa shape index (κ3) is 4.48.